The van der Waals surface area contributed by atoms with Gasteiger partial charge in [0, 0.05) is 37.5 Å². The predicted octanol–water partition coefficient (Wildman–Crippen LogP) is 2.99. The number of halogens is 2. The van der Waals surface area contributed by atoms with Crippen molar-refractivity contribution < 1.29 is 23.0 Å². The lowest BCUT2D eigenvalue weighted by Crippen LogP contribution is -2.34. The average molecular weight is 376 g/mol. The number of carbonyl (C=O) groups is 1. The zero-order chi connectivity index (χ0) is 19.2. The topological polar surface area (TPSA) is 50.8 Å². The number of nitrogens with zero attached hydrogens (tertiary/aromatic N) is 1. The van der Waals surface area contributed by atoms with Crippen LogP contribution in [0.25, 0.3) is 0 Å². The molecular weight excluding hydrogens is 354 g/mol. The number of methoxy groups -OCH3 is 1. The van der Waals surface area contributed by atoms with E-state index in [1.807, 2.05) is 4.90 Å². The summed E-state index contributed by atoms with van der Waals surface area (Å²) in [4.78, 5) is 14.0. The molecule has 1 fully saturated rings. The van der Waals surface area contributed by atoms with Gasteiger partial charge in [-0.3, -0.25) is 4.79 Å². The van der Waals surface area contributed by atoms with Crippen molar-refractivity contribution in [3.63, 3.8) is 0 Å². The van der Waals surface area contributed by atoms with Crippen LogP contribution in [0.4, 0.5) is 14.5 Å². The van der Waals surface area contributed by atoms with Gasteiger partial charge in [0.2, 0.25) is 0 Å². The van der Waals surface area contributed by atoms with Crippen molar-refractivity contribution in [1.29, 1.82) is 0 Å². The fraction of sp³-hybridized carbons (Fsp3) is 0.350. The molecule has 1 aliphatic rings. The van der Waals surface area contributed by atoms with Gasteiger partial charge in [0.1, 0.15) is 11.5 Å². The van der Waals surface area contributed by atoms with Crippen LogP contribution in [0.1, 0.15) is 6.42 Å². The molecule has 7 heteroatoms. The molecule has 0 spiro atoms. The van der Waals surface area contributed by atoms with Crippen molar-refractivity contribution in [2.24, 2.45) is 5.92 Å². The summed E-state index contributed by atoms with van der Waals surface area (Å²) >= 11 is 0. The van der Waals surface area contributed by atoms with Gasteiger partial charge in [0.05, 0.1) is 7.11 Å². The molecule has 0 aromatic heterocycles. The van der Waals surface area contributed by atoms with E-state index in [2.05, 4.69) is 5.32 Å². The Morgan fingerprint density at radius 2 is 2.00 bits per heavy atom. The molecule has 27 heavy (non-hydrogen) atoms. The van der Waals surface area contributed by atoms with Gasteiger partial charge >= 0.3 is 0 Å². The second-order valence-electron chi connectivity index (χ2n) is 6.47. The van der Waals surface area contributed by atoms with Crippen molar-refractivity contribution in [1.82, 2.24) is 5.32 Å². The maximum absolute atomic E-state index is 13.4. The number of hydrogen-bond acceptors (Lipinski definition) is 4. The Balaban J connectivity index is 1.42. The first-order chi connectivity index (χ1) is 13.0. The first-order valence-corrected chi connectivity index (χ1v) is 8.78. The highest BCUT2D eigenvalue weighted by molar-refractivity contribution is 5.77. The summed E-state index contributed by atoms with van der Waals surface area (Å²) in [5.41, 5.74) is 0.657. The maximum atomic E-state index is 13.4. The van der Waals surface area contributed by atoms with Gasteiger partial charge in [-0.15, -0.1) is 0 Å². The zero-order valence-corrected chi connectivity index (χ0v) is 15.1. The fourth-order valence-corrected chi connectivity index (χ4v) is 3.06. The Hall–Kier alpha value is -2.83. The molecule has 5 nitrogen and oxygen atoms in total. The van der Waals surface area contributed by atoms with E-state index in [1.54, 1.807) is 37.4 Å². The summed E-state index contributed by atoms with van der Waals surface area (Å²) < 4.78 is 37.0. The normalized spacial score (nSPS) is 16.3. The molecule has 2 aromatic carbocycles. The smallest absolute Gasteiger partial charge is 0.257 e. The zero-order valence-electron chi connectivity index (χ0n) is 15.1. The molecule has 1 atom stereocenters. The second kappa shape index (κ2) is 8.70. The monoisotopic (exact) mass is 376 g/mol. The minimum atomic E-state index is -0.849. The minimum Gasteiger partial charge on any atom is -0.497 e. The molecule has 1 saturated heterocycles. The third-order valence-electron chi connectivity index (χ3n) is 4.55. The summed E-state index contributed by atoms with van der Waals surface area (Å²) in [6.45, 7) is 1.86. The number of carbonyl (C=O) groups excluding carboxylic acids is 1. The SMILES string of the molecule is COc1cccc(OCC(=O)NCC2CCN(c3ccc(F)c(F)c3)C2)c1. The van der Waals surface area contributed by atoms with Gasteiger partial charge < -0.3 is 19.7 Å². The van der Waals surface area contributed by atoms with E-state index < -0.39 is 11.6 Å². The average Bonchev–Trinajstić information content (AvgIpc) is 3.16. The molecule has 2 aromatic rings. The fourth-order valence-electron chi connectivity index (χ4n) is 3.06. The minimum absolute atomic E-state index is 0.0766. The first-order valence-electron chi connectivity index (χ1n) is 8.78. The number of benzene rings is 2. The summed E-state index contributed by atoms with van der Waals surface area (Å²) in [5.74, 6) is -0.425. The number of anilines is 1. The van der Waals surface area contributed by atoms with Crippen LogP contribution in [-0.2, 0) is 4.79 Å². The molecule has 144 valence electrons. The number of ether oxygens (including phenoxy) is 2. The van der Waals surface area contributed by atoms with Gasteiger partial charge in [-0.05, 0) is 36.6 Å². The van der Waals surface area contributed by atoms with E-state index in [9.17, 15) is 13.6 Å². The summed E-state index contributed by atoms with van der Waals surface area (Å²) in [5, 5.41) is 2.86. The molecule has 1 heterocycles. The van der Waals surface area contributed by atoms with Crippen molar-refractivity contribution in [3.05, 3.63) is 54.1 Å². The van der Waals surface area contributed by atoms with Crippen LogP contribution < -0.4 is 19.7 Å². The third-order valence-corrected chi connectivity index (χ3v) is 4.55. The molecule has 0 bridgehead atoms. The van der Waals surface area contributed by atoms with Crippen LogP contribution in [0.2, 0.25) is 0 Å². The lowest BCUT2D eigenvalue weighted by atomic mass is 10.1. The highest BCUT2D eigenvalue weighted by Crippen LogP contribution is 2.25. The van der Waals surface area contributed by atoms with Crippen LogP contribution in [-0.4, -0.2) is 39.3 Å². The lowest BCUT2D eigenvalue weighted by Gasteiger charge is -2.19. The van der Waals surface area contributed by atoms with Crippen molar-refractivity contribution in [2.75, 3.05) is 38.3 Å². The Morgan fingerprint density at radius 3 is 2.78 bits per heavy atom. The number of amides is 1. The second-order valence-corrected chi connectivity index (χ2v) is 6.47. The molecule has 1 N–H and O–H groups in total. The van der Waals surface area contributed by atoms with Gasteiger partial charge in [0.15, 0.2) is 18.2 Å². The largest absolute Gasteiger partial charge is 0.497 e. The molecule has 1 amide bonds. The Bertz CT molecular complexity index is 801. The van der Waals surface area contributed by atoms with E-state index >= 15 is 0 Å². The number of rotatable bonds is 7. The molecular formula is C20H22F2N2O3. The summed E-state index contributed by atoms with van der Waals surface area (Å²) in [6, 6.07) is 11.0. The van der Waals surface area contributed by atoms with Gasteiger partial charge in [0.25, 0.3) is 5.91 Å². The molecule has 0 saturated carbocycles. The molecule has 0 aliphatic carbocycles. The standard InChI is InChI=1S/C20H22F2N2O3/c1-26-16-3-2-4-17(10-16)27-13-20(25)23-11-14-7-8-24(12-14)15-5-6-18(21)19(22)9-15/h2-6,9-10,14H,7-8,11-13H2,1H3,(H,23,25). The summed E-state index contributed by atoms with van der Waals surface area (Å²) in [6.07, 6.45) is 0.871. The van der Waals surface area contributed by atoms with E-state index in [4.69, 9.17) is 9.47 Å². The van der Waals surface area contributed by atoms with Crippen molar-refractivity contribution in [3.8, 4) is 11.5 Å². The van der Waals surface area contributed by atoms with E-state index in [1.165, 1.54) is 6.07 Å². The highest BCUT2D eigenvalue weighted by Gasteiger charge is 2.23. The van der Waals surface area contributed by atoms with Crippen LogP contribution in [0.3, 0.4) is 0 Å². The molecule has 1 aliphatic heterocycles. The van der Waals surface area contributed by atoms with Crippen LogP contribution in [0.5, 0.6) is 11.5 Å². The van der Waals surface area contributed by atoms with Gasteiger partial charge in [-0.25, -0.2) is 8.78 Å². The van der Waals surface area contributed by atoms with Gasteiger partial charge in [-0.1, -0.05) is 6.07 Å². The Kier molecular flexibility index (Phi) is 6.11. The maximum Gasteiger partial charge on any atom is 0.257 e. The molecule has 0 radical (unpaired) electrons. The predicted molar refractivity (Wildman–Crippen MR) is 98.2 cm³/mol. The Labute approximate surface area is 156 Å². The Morgan fingerprint density at radius 1 is 1.19 bits per heavy atom. The third kappa shape index (κ3) is 5.09. The van der Waals surface area contributed by atoms with Gasteiger partial charge in [-0.2, -0.15) is 0 Å². The quantitative estimate of drug-likeness (QED) is 0.807. The van der Waals surface area contributed by atoms with E-state index in [0.29, 0.717) is 30.3 Å². The van der Waals surface area contributed by atoms with E-state index in [0.717, 1.165) is 19.0 Å². The van der Waals surface area contributed by atoms with Crippen molar-refractivity contribution >= 4 is 11.6 Å². The molecule has 3 rings (SSSR count). The first kappa shape index (κ1) is 18.9. The van der Waals surface area contributed by atoms with Crippen LogP contribution in [0.15, 0.2) is 42.5 Å². The molecule has 1 unspecified atom stereocenters. The highest BCUT2D eigenvalue weighted by atomic mass is 19.2. The summed E-state index contributed by atoms with van der Waals surface area (Å²) in [7, 11) is 1.57. The van der Waals surface area contributed by atoms with Crippen LogP contribution in [0, 0.1) is 17.6 Å². The number of nitrogens with one attached hydrogen (secondary N) is 1. The lowest BCUT2D eigenvalue weighted by molar-refractivity contribution is -0.123. The van der Waals surface area contributed by atoms with Crippen LogP contribution >= 0.6 is 0 Å². The number of hydrogen-bond donors (Lipinski definition) is 1. The van der Waals surface area contributed by atoms with E-state index in [-0.39, 0.29) is 18.4 Å². The van der Waals surface area contributed by atoms with Crippen molar-refractivity contribution in [2.45, 2.75) is 6.42 Å².